The average molecular weight is 335 g/mol. The van der Waals surface area contributed by atoms with Gasteiger partial charge in [0.25, 0.3) is 5.91 Å². The number of carbonyl (C=O) groups is 2. The lowest BCUT2D eigenvalue weighted by atomic mass is 10.1. The first-order valence-corrected chi connectivity index (χ1v) is 8.70. The number of methoxy groups -OCH3 is 1. The lowest BCUT2D eigenvalue weighted by Gasteiger charge is -2.13. The molecule has 1 rings (SSSR count). The molecule has 24 heavy (non-hydrogen) atoms. The third-order valence-corrected chi connectivity index (χ3v) is 3.78. The second-order valence-electron chi connectivity index (χ2n) is 5.86. The minimum atomic E-state index is -0.677. The number of amides is 1. The summed E-state index contributed by atoms with van der Waals surface area (Å²) in [5.41, 5.74) is 0.449. The Morgan fingerprint density at radius 2 is 1.83 bits per heavy atom. The molecular weight excluding hydrogens is 306 g/mol. The number of unbranched alkanes of at least 4 members (excludes halogenated alkanes) is 5. The summed E-state index contributed by atoms with van der Waals surface area (Å²) in [6.45, 7) is 4.22. The van der Waals surface area contributed by atoms with Crippen molar-refractivity contribution in [2.24, 2.45) is 0 Å². The molecule has 1 aromatic rings. The molecule has 0 saturated heterocycles. The van der Waals surface area contributed by atoms with E-state index in [4.69, 9.17) is 9.47 Å². The molecule has 1 N–H and O–H groups in total. The third-order valence-electron chi connectivity index (χ3n) is 3.78. The van der Waals surface area contributed by atoms with Crippen LogP contribution in [0.5, 0.6) is 5.75 Å². The Balaban J connectivity index is 2.29. The summed E-state index contributed by atoms with van der Waals surface area (Å²) in [5.74, 6) is -0.126. The summed E-state index contributed by atoms with van der Waals surface area (Å²) in [5, 5.41) is 2.65. The molecule has 0 radical (unpaired) electrons. The molecule has 0 saturated carbocycles. The quantitative estimate of drug-likeness (QED) is 0.494. The zero-order valence-corrected chi connectivity index (χ0v) is 15.0. The van der Waals surface area contributed by atoms with Gasteiger partial charge in [-0.3, -0.25) is 4.79 Å². The Morgan fingerprint density at radius 1 is 1.12 bits per heavy atom. The SMILES string of the molecule is CCCCCCCCOC(=O)[C@H](C)NC(=O)c1cccc(OC)c1. The number of ether oxygens (including phenoxy) is 2. The molecular formula is C19H29NO4. The largest absolute Gasteiger partial charge is 0.497 e. The fourth-order valence-corrected chi connectivity index (χ4v) is 2.28. The lowest BCUT2D eigenvalue weighted by Crippen LogP contribution is -2.39. The molecule has 0 fully saturated rings. The predicted octanol–water partition coefficient (Wildman–Crippen LogP) is 3.72. The molecule has 1 amide bonds. The Kier molecular flexibility index (Phi) is 9.58. The van der Waals surface area contributed by atoms with Crippen molar-refractivity contribution in [3.63, 3.8) is 0 Å². The van der Waals surface area contributed by atoms with E-state index in [1.165, 1.54) is 25.7 Å². The highest BCUT2D eigenvalue weighted by atomic mass is 16.5. The molecule has 5 heteroatoms. The van der Waals surface area contributed by atoms with Crippen molar-refractivity contribution in [2.45, 2.75) is 58.4 Å². The van der Waals surface area contributed by atoms with Crippen LogP contribution in [0.15, 0.2) is 24.3 Å². The van der Waals surface area contributed by atoms with Crippen LogP contribution in [0.25, 0.3) is 0 Å². The summed E-state index contributed by atoms with van der Waals surface area (Å²) < 4.78 is 10.3. The minimum Gasteiger partial charge on any atom is -0.497 e. The van der Waals surface area contributed by atoms with Crippen LogP contribution < -0.4 is 10.1 Å². The van der Waals surface area contributed by atoms with Gasteiger partial charge in [-0.05, 0) is 31.5 Å². The number of carbonyl (C=O) groups excluding carboxylic acids is 2. The van der Waals surface area contributed by atoms with Crippen LogP contribution in [0.2, 0.25) is 0 Å². The van der Waals surface area contributed by atoms with E-state index in [-0.39, 0.29) is 5.91 Å². The lowest BCUT2D eigenvalue weighted by molar-refractivity contribution is -0.145. The van der Waals surface area contributed by atoms with Gasteiger partial charge in [0, 0.05) is 5.56 Å². The molecule has 0 aliphatic heterocycles. The fraction of sp³-hybridized carbons (Fsp3) is 0.579. The van der Waals surface area contributed by atoms with Crippen molar-refractivity contribution in [2.75, 3.05) is 13.7 Å². The minimum absolute atomic E-state index is 0.321. The Labute approximate surface area is 144 Å². The zero-order chi connectivity index (χ0) is 17.8. The third kappa shape index (κ3) is 7.49. The van der Waals surface area contributed by atoms with E-state index in [0.29, 0.717) is 17.9 Å². The Morgan fingerprint density at radius 3 is 2.54 bits per heavy atom. The van der Waals surface area contributed by atoms with Crippen LogP contribution in [-0.4, -0.2) is 31.6 Å². The molecule has 0 unspecified atom stereocenters. The van der Waals surface area contributed by atoms with Gasteiger partial charge in [-0.25, -0.2) is 4.79 Å². The number of nitrogens with one attached hydrogen (secondary N) is 1. The first-order valence-electron chi connectivity index (χ1n) is 8.70. The molecule has 0 aliphatic rings. The van der Waals surface area contributed by atoms with Gasteiger partial charge in [0.15, 0.2) is 0 Å². The maximum Gasteiger partial charge on any atom is 0.328 e. The van der Waals surface area contributed by atoms with Crippen molar-refractivity contribution >= 4 is 11.9 Å². The summed E-state index contributed by atoms with van der Waals surface area (Å²) in [4.78, 5) is 24.0. The van der Waals surface area contributed by atoms with E-state index in [0.717, 1.165) is 12.8 Å². The molecule has 134 valence electrons. The first kappa shape index (κ1) is 20.0. The van der Waals surface area contributed by atoms with Crippen molar-refractivity contribution in [3.05, 3.63) is 29.8 Å². The summed E-state index contributed by atoms with van der Waals surface area (Å²) in [6, 6.07) is 6.11. The molecule has 1 atom stereocenters. The number of benzene rings is 1. The van der Waals surface area contributed by atoms with Crippen LogP contribution >= 0.6 is 0 Å². The second kappa shape index (κ2) is 11.5. The second-order valence-corrected chi connectivity index (χ2v) is 5.86. The molecule has 0 aliphatic carbocycles. The van der Waals surface area contributed by atoms with E-state index >= 15 is 0 Å². The fourth-order valence-electron chi connectivity index (χ4n) is 2.28. The van der Waals surface area contributed by atoms with Crippen molar-refractivity contribution < 1.29 is 19.1 Å². The van der Waals surface area contributed by atoms with Gasteiger partial charge in [0.05, 0.1) is 13.7 Å². The zero-order valence-electron chi connectivity index (χ0n) is 15.0. The molecule has 0 heterocycles. The van der Waals surface area contributed by atoms with Crippen LogP contribution in [0, 0.1) is 0 Å². The van der Waals surface area contributed by atoms with Crippen LogP contribution in [0.4, 0.5) is 0 Å². The Bertz CT molecular complexity index is 516. The summed E-state index contributed by atoms with van der Waals surface area (Å²) >= 11 is 0. The van der Waals surface area contributed by atoms with Gasteiger partial charge in [0.1, 0.15) is 11.8 Å². The predicted molar refractivity (Wildman–Crippen MR) is 94.3 cm³/mol. The van der Waals surface area contributed by atoms with E-state index in [1.54, 1.807) is 38.3 Å². The first-order chi connectivity index (χ1) is 11.6. The smallest absolute Gasteiger partial charge is 0.328 e. The molecule has 5 nitrogen and oxygen atoms in total. The highest BCUT2D eigenvalue weighted by Crippen LogP contribution is 2.12. The summed E-state index contributed by atoms with van der Waals surface area (Å²) in [7, 11) is 1.54. The van der Waals surface area contributed by atoms with Crippen molar-refractivity contribution in [1.82, 2.24) is 5.32 Å². The van der Waals surface area contributed by atoms with Crippen molar-refractivity contribution in [3.8, 4) is 5.75 Å². The van der Waals surface area contributed by atoms with Gasteiger partial charge in [0.2, 0.25) is 0 Å². The maximum atomic E-state index is 12.1. The van der Waals surface area contributed by atoms with E-state index in [9.17, 15) is 9.59 Å². The van der Waals surface area contributed by atoms with Gasteiger partial charge >= 0.3 is 5.97 Å². The molecule has 1 aromatic carbocycles. The highest BCUT2D eigenvalue weighted by molar-refractivity contribution is 5.97. The monoisotopic (exact) mass is 335 g/mol. The number of rotatable bonds is 11. The van der Waals surface area contributed by atoms with Crippen LogP contribution in [0.3, 0.4) is 0 Å². The highest BCUT2D eigenvalue weighted by Gasteiger charge is 2.18. The maximum absolute atomic E-state index is 12.1. The van der Waals surface area contributed by atoms with Gasteiger partial charge < -0.3 is 14.8 Å². The summed E-state index contributed by atoms with van der Waals surface area (Å²) in [6.07, 6.45) is 6.82. The van der Waals surface area contributed by atoms with Gasteiger partial charge in [-0.15, -0.1) is 0 Å². The van der Waals surface area contributed by atoms with E-state index in [1.807, 2.05) is 0 Å². The molecule has 0 bridgehead atoms. The number of esters is 1. The molecule has 0 spiro atoms. The van der Waals surface area contributed by atoms with E-state index < -0.39 is 12.0 Å². The number of hydrogen-bond acceptors (Lipinski definition) is 4. The topological polar surface area (TPSA) is 64.6 Å². The van der Waals surface area contributed by atoms with Crippen molar-refractivity contribution in [1.29, 1.82) is 0 Å². The van der Waals surface area contributed by atoms with Crippen LogP contribution in [0.1, 0.15) is 62.7 Å². The van der Waals surface area contributed by atoms with Crippen LogP contribution in [-0.2, 0) is 9.53 Å². The standard InChI is InChI=1S/C19H29NO4/c1-4-5-6-7-8-9-13-24-19(22)15(2)20-18(21)16-11-10-12-17(14-16)23-3/h10-12,14-15H,4-9,13H2,1-3H3,(H,20,21)/t15-/m0/s1. The molecule has 0 aromatic heterocycles. The number of hydrogen-bond donors (Lipinski definition) is 1. The normalized spacial score (nSPS) is 11.6. The Hall–Kier alpha value is -2.04. The van der Waals surface area contributed by atoms with E-state index in [2.05, 4.69) is 12.2 Å². The van der Waals surface area contributed by atoms with Gasteiger partial charge in [-0.1, -0.05) is 45.1 Å². The average Bonchev–Trinajstić information content (AvgIpc) is 2.60. The van der Waals surface area contributed by atoms with Gasteiger partial charge in [-0.2, -0.15) is 0 Å².